The van der Waals surface area contributed by atoms with Gasteiger partial charge in [-0.3, -0.25) is 0 Å². The highest BCUT2D eigenvalue weighted by atomic mass is 35.5. The molecule has 1 N–H and O–H groups in total. The highest BCUT2D eigenvalue weighted by Crippen LogP contribution is 2.26. The molecule has 0 aliphatic carbocycles. The largest absolute Gasteiger partial charge is 0.497 e. The average molecular weight is 310 g/mol. The predicted octanol–water partition coefficient (Wildman–Crippen LogP) is 4.51. The van der Waals surface area contributed by atoms with Crippen molar-refractivity contribution in [1.82, 2.24) is 5.32 Å². The van der Waals surface area contributed by atoms with Crippen LogP contribution in [0, 0.1) is 0 Å². The molecule has 0 aromatic heterocycles. The molecule has 1 atom stereocenters. The fraction of sp³-hybridized carbons (Fsp3) is 0.250. The minimum atomic E-state index is 0.197. The third-order valence-corrected chi connectivity index (χ3v) is 4.01. The maximum absolute atomic E-state index is 6.06. The summed E-state index contributed by atoms with van der Waals surface area (Å²) >= 11 is 12.0. The maximum atomic E-state index is 6.06. The van der Waals surface area contributed by atoms with Gasteiger partial charge in [0.05, 0.1) is 17.2 Å². The lowest BCUT2D eigenvalue weighted by Crippen LogP contribution is -2.18. The summed E-state index contributed by atoms with van der Waals surface area (Å²) in [5.41, 5.74) is 2.32. The topological polar surface area (TPSA) is 21.3 Å². The van der Waals surface area contributed by atoms with Gasteiger partial charge in [0.15, 0.2) is 0 Å². The monoisotopic (exact) mass is 309 g/mol. The number of hydrogen-bond donors (Lipinski definition) is 1. The van der Waals surface area contributed by atoms with Gasteiger partial charge in [0.1, 0.15) is 5.75 Å². The zero-order valence-corrected chi connectivity index (χ0v) is 13.0. The molecule has 4 heteroatoms. The van der Waals surface area contributed by atoms with Crippen molar-refractivity contribution in [3.05, 3.63) is 63.6 Å². The molecule has 2 aromatic carbocycles. The average Bonchev–Trinajstić information content (AvgIpc) is 2.48. The van der Waals surface area contributed by atoms with Crippen molar-refractivity contribution in [3.63, 3.8) is 0 Å². The molecule has 0 aliphatic heterocycles. The minimum Gasteiger partial charge on any atom is -0.497 e. The van der Waals surface area contributed by atoms with E-state index in [9.17, 15) is 0 Å². The summed E-state index contributed by atoms with van der Waals surface area (Å²) < 4.78 is 5.27. The Morgan fingerprint density at radius 2 is 1.90 bits per heavy atom. The van der Waals surface area contributed by atoms with E-state index in [1.54, 1.807) is 7.11 Å². The Morgan fingerprint density at radius 1 is 1.10 bits per heavy atom. The van der Waals surface area contributed by atoms with Crippen LogP contribution in [0.2, 0.25) is 10.0 Å². The van der Waals surface area contributed by atoms with Crippen LogP contribution in [0.1, 0.15) is 17.2 Å². The maximum Gasteiger partial charge on any atom is 0.119 e. The highest BCUT2D eigenvalue weighted by Gasteiger charge is 2.11. The van der Waals surface area contributed by atoms with E-state index in [4.69, 9.17) is 27.9 Å². The first-order valence-electron chi connectivity index (χ1n) is 6.39. The number of halogens is 2. The normalized spacial score (nSPS) is 12.2. The van der Waals surface area contributed by atoms with Gasteiger partial charge in [0.25, 0.3) is 0 Å². The van der Waals surface area contributed by atoms with Crippen LogP contribution in [-0.2, 0) is 6.42 Å². The van der Waals surface area contributed by atoms with E-state index in [0.29, 0.717) is 10.0 Å². The molecule has 0 heterocycles. The SMILES string of the molecule is CNC(Cc1ccc(Cl)c(Cl)c1)c1cccc(OC)c1. The summed E-state index contributed by atoms with van der Waals surface area (Å²) in [6, 6.07) is 14.0. The first kappa shape index (κ1) is 15.2. The van der Waals surface area contributed by atoms with Crippen molar-refractivity contribution in [3.8, 4) is 5.75 Å². The smallest absolute Gasteiger partial charge is 0.119 e. The molecule has 0 bridgehead atoms. The van der Waals surface area contributed by atoms with Crippen molar-refractivity contribution >= 4 is 23.2 Å². The first-order chi connectivity index (χ1) is 9.63. The molecule has 0 saturated carbocycles. The van der Waals surface area contributed by atoms with Crippen LogP contribution in [0.4, 0.5) is 0 Å². The molecule has 2 aromatic rings. The van der Waals surface area contributed by atoms with Crippen LogP contribution >= 0.6 is 23.2 Å². The Balaban J connectivity index is 2.21. The summed E-state index contributed by atoms with van der Waals surface area (Å²) in [4.78, 5) is 0. The van der Waals surface area contributed by atoms with Crippen LogP contribution in [0.25, 0.3) is 0 Å². The van der Waals surface area contributed by atoms with Gasteiger partial charge < -0.3 is 10.1 Å². The zero-order valence-electron chi connectivity index (χ0n) is 11.5. The van der Waals surface area contributed by atoms with Crippen LogP contribution in [0.3, 0.4) is 0 Å². The molecular weight excluding hydrogens is 293 g/mol. The van der Waals surface area contributed by atoms with Gasteiger partial charge in [0, 0.05) is 6.04 Å². The summed E-state index contributed by atoms with van der Waals surface area (Å²) in [6.07, 6.45) is 0.834. The lowest BCUT2D eigenvalue weighted by Gasteiger charge is -2.18. The van der Waals surface area contributed by atoms with Gasteiger partial charge in [-0.2, -0.15) is 0 Å². The van der Waals surface area contributed by atoms with E-state index >= 15 is 0 Å². The summed E-state index contributed by atoms with van der Waals surface area (Å²) in [5.74, 6) is 0.858. The summed E-state index contributed by atoms with van der Waals surface area (Å²) in [6.45, 7) is 0. The number of nitrogens with one attached hydrogen (secondary N) is 1. The number of methoxy groups -OCH3 is 1. The third-order valence-electron chi connectivity index (χ3n) is 3.27. The van der Waals surface area contributed by atoms with Gasteiger partial charge in [-0.05, 0) is 48.9 Å². The van der Waals surface area contributed by atoms with E-state index < -0.39 is 0 Å². The van der Waals surface area contributed by atoms with E-state index in [2.05, 4.69) is 11.4 Å². The van der Waals surface area contributed by atoms with Crippen LogP contribution in [-0.4, -0.2) is 14.2 Å². The van der Waals surface area contributed by atoms with E-state index in [-0.39, 0.29) is 6.04 Å². The number of hydrogen-bond acceptors (Lipinski definition) is 2. The minimum absolute atomic E-state index is 0.197. The molecule has 1 unspecified atom stereocenters. The van der Waals surface area contributed by atoms with Gasteiger partial charge in [-0.15, -0.1) is 0 Å². The summed E-state index contributed by atoms with van der Waals surface area (Å²) in [5, 5.41) is 4.49. The summed E-state index contributed by atoms with van der Waals surface area (Å²) in [7, 11) is 3.62. The molecule has 0 amide bonds. The van der Waals surface area contributed by atoms with Crippen LogP contribution in [0.15, 0.2) is 42.5 Å². The Hall–Kier alpha value is -1.22. The van der Waals surface area contributed by atoms with Gasteiger partial charge >= 0.3 is 0 Å². The van der Waals surface area contributed by atoms with E-state index in [1.165, 1.54) is 5.56 Å². The molecule has 2 rings (SSSR count). The van der Waals surface area contributed by atoms with Crippen molar-refractivity contribution in [1.29, 1.82) is 0 Å². The molecule has 0 aliphatic rings. The fourth-order valence-electron chi connectivity index (χ4n) is 2.15. The second kappa shape index (κ2) is 6.98. The van der Waals surface area contributed by atoms with Crippen molar-refractivity contribution in [2.45, 2.75) is 12.5 Å². The number of benzene rings is 2. The molecule has 0 spiro atoms. The predicted molar refractivity (Wildman–Crippen MR) is 85.0 cm³/mol. The molecule has 20 heavy (non-hydrogen) atoms. The second-order valence-corrected chi connectivity index (χ2v) is 5.38. The van der Waals surface area contributed by atoms with Gasteiger partial charge in [0.2, 0.25) is 0 Å². The molecular formula is C16H17Cl2NO. The first-order valence-corrected chi connectivity index (χ1v) is 7.14. The van der Waals surface area contributed by atoms with Crippen molar-refractivity contribution in [2.24, 2.45) is 0 Å². The van der Waals surface area contributed by atoms with Gasteiger partial charge in [-0.1, -0.05) is 41.4 Å². The molecule has 106 valence electrons. The Bertz CT molecular complexity index is 586. The van der Waals surface area contributed by atoms with Crippen molar-refractivity contribution < 1.29 is 4.74 Å². The van der Waals surface area contributed by atoms with E-state index in [1.807, 2.05) is 43.4 Å². The number of likely N-dealkylation sites (N-methyl/N-ethyl adjacent to an activating group) is 1. The number of rotatable bonds is 5. The van der Waals surface area contributed by atoms with Crippen LogP contribution < -0.4 is 10.1 Å². The lowest BCUT2D eigenvalue weighted by molar-refractivity contribution is 0.413. The fourth-order valence-corrected chi connectivity index (χ4v) is 2.47. The third kappa shape index (κ3) is 3.66. The molecule has 2 nitrogen and oxygen atoms in total. The Kier molecular flexibility index (Phi) is 5.30. The zero-order chi connectivity index (χ0) is 14.5. The molecule has 0 radical (unpaired) electrons. The molecule has 0 saturated heterocycles. The number of ether oxygens (including phenoxy) is 1. The van der Waals surface area contributed by atoms with Crippen molar-refractivity contribution in [2.75, 3.05) is 14.2 Å². The van der Waals surface area contributed by atoms with Gasteiger partial charge in [-0.25, -0.2) is 0 Å². The highest BCUT2D eigenvalue weighted by molar-refractivity contribution is 6.42. The molecule has 0 fully saturated rings. The standard InChI is InChI=1S/C16H17Cl2NO/c1-19-16(12-4-3-5-13(10-12)20-2)9-11-6-7-14(17)15(18)8-11/h3-8,10,16,19H,9H2,1-2H3. The second-order valence-electron chi connectivity index (χ2n) is 4.57. The lowest BCUT2D eigenvalue weighted by atomic mass is 9.99. The quantitative estimate of drug-likeness (QED) is 0.877. The Labute approximate surface area is 129 Å². The van der Waals surface area contributed by atoms with E-state index in [0.717, 1.165) is 17.7 Å². The van der Waals surface area contributed by atoms with Crippen LogP contribution in [0.5, 0.6) is 5.75 Å². The Morgan fingerprint density at radius 3 is 2.55 bits per heavy atom.